The summed E-state index contributed by atoms with van der Waals surface area (Å²) in [6.07, 6.45) is 0.869. The summed E-state index contributed by atoms with van der Waals surface area (Å²) in [5.74, 6) is -0.193. The molecule has 0 fully saturated rings. The fraction of sp³-hybridized carbons (Fsp3) is 0.333. The monoisotopic (exact) mass is 263 g/mol. The quantitative estimate of drug-likeness (QED) is 0.597. The molecule has 1 aromatic rings. The summed E-state index contributed by atoms with van der Waals surface area (Å²) in [6, 6.07) is 3.06. The first-order valence-electron chi connectivity index (χ1n) is 5.83. The molecule has 94 valence electrons. The van der Waals surface area contributed by atoms with Gasteiger partial charge in [-0.3, -0.25) is 14.4 Å². The van der Waals surface area contributed by atoms with Crippen LogP contribution in [0, 0.1) is 10.1 Å². The Labute approximate surface area is 103 Å². The first-order valence-corrected chi connectivity index (χ1v) is 6.18. The Morgan fingerprint density at radius 2 is 2.18 bits per heavy atom. The summed E-state index contributed by atoms with van der Waals surface area (Å²) in [6.45, 7) is 0. The number of rotatable bonds is 4. The molecular weight excluding hydrogens is 248 g/mol. The highest BCUT2D eigenvalue weighted by atomic mass is 32.2. The van der Waals surface area contributed by atoms with E-state index in [2.05, 4.69) is 4.74 Å². The van der Waals surface area contributed by atoms with Gasteiger partial charge >= 0.3 is 0 Å². The second kappa shape index (κ2) is 4.58. The van der Waals surface area contributed by atoms with Crippen LogP contribution in [-0.4, -0.2) is 33.7 Å². The number of methoxy groups -OCH3 is 1. The summed E-state index contributed by atoms with van der Waals surface area (Å²) >= 11 is 0. The predicted molar refractivity (Wildman–Crippen MR) is 62.9 cm³/mol. The minimum atomic E-state index is -3.74. The summed E-state index contributed by atoms with van der Waals surface area (Å²) in [5.41, 5.74) is -0.755. The number of nitro groups is 1. The number of anilines is 1. The standard InChI is InChI=1S/C9H12N2O5S/c1-10(17(3,14)15)9-6-7(16-2)4-5-8(9)11(12)13/h4-6H,1-3H3/i2D3. The second-order valence-electron chi connectivity index (χ2n) is 3.24. The van der Waals surface area contributed by atoms with E-state index in [9.17, 15) is 18.5 Å². The van der Waals surface area contributed by atoms with Crippen LogP contribution in [0.2, 0.25) is 0 Å². The maximum atomic E-state index is 11.5. The lowest BCUT2D eigenvalue weighted by molar-refractivity contribution is -0.384. The number of hydrogen-bond donors (Lipinski definition) is 0. The zero-order chi connectivity index (χ0) is 15.7. The third-order valence-corrected chi connectivity index (χ3v) is 3.29. The van der Waals surface area contributed by atoms with Gasteiger partial charge in [0.05, 0.1) is 22.3 Å². The molecule has 17 heavy (non-hydrogen) atoms. The largest absolute Gasteiger partial charge is 0.497 e. The van der Waals surface area contributed by atoms with Crippen molar-refractivity contribution < 1.29 is 22.2 Å². The molecule has 0 amide bonds. The van der Waals surface area contributed by atoms with E-state index in [0.717, 1.165) is 31.5 Å². The molecule has 1 aromatic carbocycles. The Morgan fingerprint density at radius 1 is 1.53 bits per heavy atom. The van der Waals surface area contributed by atoms with E-state index in [1.54, 1.807) is 0 Å². The van der Waals surface area contributed by atoms with Gasteiger partial charge in [-0.25, -0.2) is 8.42 Å². The van der Waals surface area contributed by atoms with Crippen LogP contribution in [0.1, 0.15) is 4.11 Å². The molecule has 8 heteroatoms. The van der Waals surface area contributed by atoms with Crippen LogP contribution in [0.3, 0.4) is 0 Å². The van der Waals surface area contributed by atoms with E-state index in [1.165, 1.54) is 0 Å². The first kappa shape index (κ1) is 9.23. The van der Waals surface area contributed by atoms with Gasteiger partial charge in [-0.2, -0.15) is 0 Å². The van der Waals surface area contributed by atoms with Crippen LogP contribution in [0.25, 0.3) is 0 Å². The van der Waals surface area contributed by atoms with Crippen LogP contribution >= 0.6 is 0 Å². The van der Waals surface area contributed by atoms with E-state index >= 15 is 0 Å². The Bertz CT molecular complexity index is 629. The fourth-order valence-corrected chi connectivity index (χ4v) is 1.66. The smallest absolute Gasteiger partial charge is 0.293 e. The minimum Gasteiger partial charge on any atom is -0.497 e. The Kier molecular flexibility index (Phi) is 2.48. The Balaban J connectivity index is 3.37. The van der Waals surface area contributed by atoms with E-state index in [1.807, 2.05) is 0 Å². The van der Waals surface area contributed by atoms with Gasteiger partial charge in [-0.1, -0.05) is 0 Å². The van der Waals surface area contributed by atoms with Gasteiger partial charge in [0.1, 0.15) is 11.4 Å². The van der Waals surface area contributed by atoms with Gasteiger partial charge in [0.15, 0.2) is 0 Å². The number of nitro benzene ring substituents is 1. The van der Waals surface area contributed by atoms with Gasteiger partial charge in [0.25, 0.3) is 5.69 Å². The molecule has 1 rings (SSSR count). The molecule has 0 aliphatic heterocycles. The van der Waals surface area contributed by atoms with E-state index in [4.69, 9.17) is 4.11 Å². The van der Waals surface area contributed by atoms with Crippen molar-refractivity contribution in [1.29, 1.82) is 0 Å². The van der Waals surface area contributed by atoms with Crippen LogP contribution in [0.4, 0.5) is 11.4 Å². The van der Waals surface area contributed by atoms with Crippen molar-refractivity contribution in [3.63, 3.8) is 0 Å². The normalized spacial score (nSPS) is 14.4. The molecule has 0 atom stereocenters. The van der Waals surface area contributed by atoms with Crippen molar-refractivity contribution in [1.82, 2.24) is 0 Å². The number of sulfonamides is 1. The third kappa shape index (κ3) is 2.84. The van der Waals surface area contributed by atoms with Crippen LogP contribution < -0.4 is 9.04 Å². The lowest BCUT2D eigenvalue weighted by Gasteiger charge is -2.17. The highest BCUT2D eigenvalue weighted by molar-refractivity contribution is 7.92. The molecule has 0 saturated heterocycles. The van der Waals surface area contributed by atoms with Crippen LogP contribution in [0.5, 0.6) is 5.75 Å². The van der Waals surface area contributed by atoms with Crippen molar-refractivity contribution in [2.75, 3.05) is 24.6 Å². The summed E-state index contributed by atoms with van der Waals surface area (Å²) < 4.78 is 49.0. The molecule has 0 aromatic heterocycles. The highest BCUT2D eigenvalue weighted by Gasteiger charge is 2.23. The molecule has 0 aliphatic carbocycles. The van der Waals surface area contributed by atoms with Gasteiger partial charge in [0.2, 0.25) is 10.0 Å². The van der Waals surface area contributed by atoms with Crippen LogP contribution in [0.15, 0.2) is 18.2 Å². The van der Waals surface area contributed by atoms with E-state index in [0.29, 0.717) is 4.31 Å². The van der Waals surface area contributed by atoms with Crippen LogP contribution in [-0.2, 0) is 10.0 Å². The number of benzene rings is 1. The summed E-state index contributed by atoms with van der Waals surface area (Å²) in [4.78, 5) is 10.1. The second-order valence-corrected chi connectivity index (χ2v) is 5.25. The fourth-order valence-electron chi connectivity index (χ4n) is 1.15. The lowest BCUT2D eigenvalue weighted by atomic mass is 10.2. The molecule has 0 unspecified atom stereocenters. The molecule has 0 saturated carbocycles. The summed E-state index contributed by atoms with van der Waals surface area (Å²) in [5, 5.41) is 10.9. The minimum absolute atomic E-state index is 0.193. The Hall–Kier alpha value is -1.83. The predicted octanol–water partition coefficient (Wildman–Crippen LogP) is 0.999. The van der Waals surface area contributed by atoms with Gasteiger partial charge in [-0.15, -0.1) is 0 Å². The average molecular weight is 263 g/mol. The zero-order valence-electron chi connectivity index (χ0n) is 12.1. The van der Waals surface area contributed by atoms with E-state index in [-0.39, 0.29) is 11.4 Å². The zero-order valence-corrected chi connectivity index (χ0v) is 9.89. The maximum absolute atomic E-state index is 11.5. The molecule has 0 bridgehead atoms. The van der Waals surface area contributed by atoms with Gasteiger partial charge in [0, 0.05) is 19.2 Å². The van der Waals surface area contributed by atoms with Crippen molar-refractivity contribution in [3.8, 4) is 5.75 Å². The molecule has 7 nitrogen and oxygen atoms in total. The molecule has 0 heterocycles. The molecule has 0 aliphatic rings. The molecule has 0 N–H and O–H groups in total. The lowest BCUT2D eigenvalue weighted by Crippen LogP contribution is -2.25. The third-order valence-electron chi connectivity index (χ3n) is 2.10. The number of ether oxygens (including phenoxy) is 1. The SMILES string of the molecule is [2H]C([2H])([2H])Oc1ccc([N+](=O)[O-])c(N(C)S(C)(=O)=O)c1. The Morgan fingerprint density at radius 3 is 2.65 bits per heavy atom. The molecule has 0 spiro atoms. The average Bonchev–Trinajstić information content (AvgIpc) is 2.24. The maximum Gasteiger partial charge on any atom is 0.293 e. The van der Waals surface area contributed by atoms with Gasteiger partial charge < -0.3 is 4.74 Å². The van der Waals surface area contributed by atoms with E-state index < -0.39 is 27.7 Å². The highest BCUT2D eigenvalue weighted by Crippen LogP contribution is 2.32. The van der Waals surface area contributed by atoms with Crippen molar-refractivity contribution in [2.45, 2.75) is 0 Å². The van der Waals surface area contributed by atoms with Crippen molar-refractivity contribution in [2.24, 2.45) is 0 Å². The number of nitrogens with zero attached hydrogens (tertiary/aromatic N) is 2. The number of hydrogen-bond acceptors (Lipinski definition) is 5. The summed E-state index contributed by atoms with van der Waals surface area (Å²) in [7, 11) is -5.36. The molecular formula is C9H12N2O5S. The first-order chi connectivity index (χ1) is 8.92. The molecule has 0 radical (unpaired) electrons. The van der Waals surface area contributed by atoms with Crippen molar-refractivity contribution >= 4 is 21.4 Å². The van der Waals surface area contributed by atoms with Gasteiger partial charge in [-0.05, 0) is 6.07 Å². The van der Waals surface area contributed by atoms with Crippen molar-refractivity contribution in [3.05, 3.63) is 28.3 Å². The topological polar surface area (TPSA) is 89.8 Å².